The zero-order chi connectivity index (χ0) is 21.9. The molecule has 166 valence electrons. The van der Waals surface area contributed by atoms with E-state index in [2.05, 4.69) is 29.4 Å². The second-order valence-corrected chi connectivity index (χ2v) is 8.98. The van der Waals surface area contributed by atoms with Gasteiger partial charge in [-0.3, -0.25) is 14.5 Å². The second-order valence-electron chi connectivity index (χ2n) is 7.74. The molecule has 0 radical (unpaired) electrons. The van der Waals surface area contributed by atoms with Crippen LogP contribution in [0.15, 0.2) is 23.1 Å². The van der Waals surface area contributed by atoms with Crippen LogP contribution in [0.1, 0.15) is 32.3 Å². The van der Waals surface area contributed by atoms with E-state index in [0.29, 0.717) is 24.7 Å². The summed E-state index contributed by atoms with van der Waals surface area (Å²) in [7, 11) is 0. The number of benzene rings is 1. The molecule has 2 atom stereocenters. The Hall–Kier alpha value is -1.78. The number of nitrogens with one attached hydrogen (secondary N) is 2. The molecule has 3 rings (SSSR count). The summed E-state index contributed by atoms with van der Waals surface area (Å²) in [6.07, 6.45) is -3.67. The van der Waals surface area contributed by atoms with E-state index in [1.807, 2.05) is 0 Å². The Morgan fingerprint density at radius 3 is 2.67 bits per heavy atom. The SMILES string of the molecule is CCC(C)(CNC(=O)CC1Sc2ccc(C(F)(F)F)cc2NC1=O)N1CCOCC1. The molecule has 2 aliphatic heterocycles. The molecule has 10 heteroatoms. The highest BCUT2D eigenvalue weighted by molar-refractivity contribution is 8.01. The average molecular weight is 446 g/mol. The molecule has 1 aromatic rings. The number of fused-ring (bicyclic) bond motifs is 1. The summed E-state index contributed by atoms with van der Waals surface area (Å²) in [4.78, 5) is 27.7. The van der Waals surface area contributed by atoms with E-state index in [9.17, 15) is 22.8 Å². The molecular weight excluding hydrogens is 419 g/mol. The molecule has 0 spiro atoms. The molecule has 30 heavy (non-hydrogen) atoms. The number of carbonyl (C=O) groups excluding carboxylic acids is 2. The Balaban J connectivity index is 1.58. The van der Waals surface area contributed by atoms with Crippen molar-refractivity contribution in [3.8, 4) is 0 Å². The number of hydrogen-bond acceptors (Lipinski definition) is 5. The van der Waals surface area contributed by atoms with Crippen LogP contribution in [-0.4, -0.2) is 60.4 Å². The Bertz CT molecular complexity index is 799. The summed E-state index contributed by atoms with van der Waals surface area (Å²) in [5, 5.41) is 4.74. The van der Waals surface area contributed by atoms with Crippen LogP contribution in [0, 0.1) is 0 Å². The van der Waals surface area contributed by atoms with E-state index in [1.165, 1.54) is 6.07 Å². The van der Waals surface area contributed by atoms with Gasteiger partial charge in [0.1, 0.15) is 0 Å². The first-order chi connectivity index (χ1) is 14.1. The number of nitrogens with zero attached hydrogens (tertiary/aromatic N) is 1. The van der Waals surface area contributed by atoms with Gasteiger partial charge in [0.25, 0.3) is 0 Å². The molecule has 1 aromatic carbocycles. The molecule has 0 saturated carbocycles. The smallest absolute Gasteiger partial charge is 0.379 e. The Morgan fingerprint density at radius 1 is 1.33 bits per heavy atom. The Kier molecular flexibility index (Phi) is 6.98. The normalized spacial score (nSPS) is 22.0. The highest BCUT2D eigenvalue weighted by atomic mass is 32.2. The van der Waals surface area contributed by atoms with Crippen molar-refractivity contribution in [2.24, 2.45) is 0 Å². The van der Waals surface area contributed by atoms with Gasteiger partial charge in [-0.2, -0.15) is 13.2 Å². The van der Waals surface area contributed by atoms with E-state index in [1.54, 1.807) is 0 Å². The lowest BCUT2D eigenvalue weighted by Crippen LogP contribution is -2.57. The van der Waals surface area contributed by atoms with Crippen molar-refractivity contribution >= 4 is 29.3 Å². The molecule has 0 aromatic heterocycles. The van der Waals surface area contributed by atoms with Crippen molar-refractivity contribution in [1.82, 2.24) is 10.2 Å². The van der Waals surface area contributed by atoms with Crippen molar-refractivity contribution in [2.75, 3.05) is 38.2 Å². The Labute approximate surface area is 177 Å². The molecule has 0 bridgehead atoms. The number of alkyl halides is 3. The maximum atomic E-state index is 12.9. The number of carbonyl (C=O) groups is 2. The Morgan fingerprint density at radius 2 is 2.03 bits per heavy atom. The van der Waals surface area contributed by atoms with Crippen LogP contribution in [0.4, 0.5) is 18.9 Å². The zero-order valence-corrected chi connectivity index (χ0v) is 17.8. The van der Waals surface area contributed by atoms with Gasteiger partial charge < -0.3 is 15.4 Å². The topological polar surface area (TPSA) is 70.7 Å². The summed E-state index contributed by atoms with van der Waals surface area (Å²) in [6, 6.07) is 3.24. The number of ether oxygens (including phenoxy) is 1. The second kappa shape index (κ2) is 9.15. The van der Waals surface area contributed by atoms with Crippen molar-refractivity contribution in [1.29, 1.82) is 0 Å². The van der Waals surface area contributed by atoms with Gasteiger partial charge >= 0.3 is 6.18 Å². The molecule has 2 amide bonds. The van der Waals surface area contributed by atoms with Crippen LogP contribution < -0.4 is 10.6 Å². The molecule has 6 nitrogen and oxygen atoms in total. The van der Waals surface area contributed by atoms with Crippen LogP contribution in [0.2, 0.25) is 0 Å². The van der Waals surface area contributed by atoms with Gasteiger partial charge in [-0.05, 0) is 31.5 Å². The molecule has 2 N–H and O–H groups in total. The third-order valence-electron chi connectivity index (χ3n) is 5.70. The van der Waals surface area contributed by atoms with Gasteiger partial charge in [0.2, 0.25) is 11.8 Å². The van der Waals surface area contributed by atoms with Crippen LogP contribution >= 0.6 is 11.8 Å². The lowest BCUT2D eigenvalue weighted by Gasteiger charge is -2.43. The third kappa shape index (κ3) is 5.28. The van der Waals surface area contributed by atoms with Crippen molar-refractivity contribution in [3.63, 3.8) is 0 Å². The van der Waals surface area contributed by atoms with Gasteiger partial charge in [0, 0.05) is 36.5 Å². The van der Waals surface area contributed by atoms with Gasteiger partial charge in [0.05, 0.1) is 29.7 Å². The molecule has 1 fully saturated rings. The van der Waals surface area contributed by atoms with E-state index in [0.717, 1.165) is 43.4 Å². The third-order valence-corrected chi connectivity index (χ3v) is 6.97. The first-order valence-electron chi connectivity index (χ1n) is 9.90. The first-order valence-corrected chi connectivity index (χ1v) is 10.8. The number of rotatable bonds is 6. The minimum atomic E-state index is -4.48. The summed E-state index contributed by atoms with van der Waals surface area (Å²) in [5.74, 6) is -0.723. The van der Waals surface area contributed by atoms with Gasteiger partial charge in [-0.25, -0.2) is 0 Å². The minimum absolute atomic E-state index is 0.0418. The predicted octanol–water partition coefficient (Wildman–Crippen LogP) is 3.13. The fraction of sp³-hybridized carbons (Fsp3) is 0.600. The number of amides is 2. The number of halogens is 3. The standard InChI is InChI=1S/C20H26F3N3O3S/c1-3-19(2,26-6-8-29-9-7-26)12-24-17(27)11-16-18(28)25-14-10-13(20(21,22)23)4-5-15(14)30-16/h4-5,10,16H,3,6-9,11-12H2,1-2H3,(H,24,27)(H,25,28). The van der Waals surface area contributed by atoms with Gasteiger partial charge in [-0.15, -0.1) is 11.8 Å². The van der Waals surface area contributed by atoms with E-state index < -0.39 is 22.9 Å². The molecular formula is C20H26F3N3O3S. The van der Waals surface area contributed by atoms with Crippen LogP contribution in [0.5, 0.6) is 0 Å². The van der Waals surface area contributed by atoms with Crippen LogP contribution in [0.25, 0.3) is 0 Å². The fourth-order valence-corrected chi connectivity index (χ4v) is 4.65. The van der Waals surface area contributed by atoms with E-state index >= 15 is 0 Å². The van der Waals surface area contributed by atoms with Crippen LogP contribution in [0.3, 0.4) is 0 Å². The average Bonchev–Trinajstić information content (AvgIpc) is 2.72. The lowest BCUT2D eigenvalue weighted by atomic mass is 9.95. The van der Waals surface area contributed by atoms with Gasteiger partial charge in [0.15, 0.2) is 0 Å². The summed E-state index contributed by atoms with van der Waals surface area (Å²) < 4.78 is 44.0. The summed E-state index contributed by atoms with van der Waals surface area (Å²) in [6.45, 7) is 7.55. The lowest BCUT2D eigenvalue weighted by molar-refractivity contribution is -0.137. The fourth-order valence-electron chi connectivity index (χ4n) is 3.55. The molecule has 2 aliphatic rings. The van der Waals surface area contributed by atoms with Crippen molar-refractivity contribution < 1.29 is 27.5 Å². The largest absolute Gasteiger partial charge is 0.416 e. The van der Waals surface area contributed by atoms with E-state index in [4.69, 9.17) is 4.74 Å². The zero-order valence-electron chi connectivity index (χ0n) is 17.0. The molecule has 2 unspecified atom stereocenters. The van der Waals surface area contributed by atoms with Crippen molar-refractivity contribution in [3.05, 3.63) is 23.8 Å². The summed E-state index contributed by atoms with van der Waals surface area (Å²) >= 11 is 1.11. The number of hydrogen-bond donors (Lipinski definition) is 2. The van der Waals surface area contributed by atoms with Crippen LogP contribution in [-0.2, 0) is 20.5 Å². The highest BCUT2D eigenvalue weighted by Gasteiger charge is 2.35. The van der Waals surface area contributed by atoms with E-state index in [-0.39, 0.29) is 23.6 Å². The van der Waals surface area contributed by atoms with Crippen molar-refractivity contribution in [2.45, 2.75) is 48.5 Å². The number of morpholine rings is 1. The maximum absolute atomic E-state index is 12.9. The number of anilines is 1. The molecule has 1 saturated heterocycles. The molecule has 2 heterocycles. The highest BCUT2D eigenvalue weighted by Crippen LogP contribution is 2.40. The predicted molar refractivity (Wildman–Crippen MR) is 108 cm³/mol. The monoisotopic (exact) mass is 445 g/mol. The minimum Gasteiger partial charge on any atom is -0.379 e. The molecule has 0 aliphatic carbocycles. The quantitative estimate of drug-likeness (QED) is 0.704. The first kappa shape index (κ1) is 22.9. The number of thioether (sulfide) groups is 1. The maximum Gasteiger partial charge on any atom is 0.416 e. The summed E-state index contributed by atoms with van der Waals surface area (Å²) in [5.41, 5.74) is -0.898. The van der Waals surface area contributed by atoms with Gasteiger partial charge in [-0.1, -0.05) is 6.92 Å².